The molecule has 0 fully saturated rings. The van der Waals surface area contributed by atoms with Crippen molar-refractivity contribution < 1.29 is 18.0 Å². The lowest BCUT2D eigenvalue weighted by atomic mass is 10.1. The van der Waals surface area contributed by atoms with Crippen LogP contribution in [0.2, 0.25) is 0 Å². The van der Waals surface area contributed by atoms with Crippen molar-refractivity contribution >= 4 is 22.8 Å². The van der Waals surface area contributed by atoms with E-state index in [1.807, 2.05) is 0 Å². The van der Waals surface area contributed by atoms with Gasteiger partial charge in [-0.2, -0.15) is 13.2 Å². The Hall–Kier alpha value is -1.89. The molecule has 0 radical (unpaired) electrons. The summed E-state index contributed by atoms with van der Waals surface area (Å²) < 4.78 is 37.3. The number of benzene rings is 1. The van der Waals surface area contributed by atoms with E-state index in [0.29, 0.717) is 11.3 Å². The van der Waals surface area contributed by atoms with Gasteiger partial charge >= 0.3 is 6.18 Å². The van der Waals surface area contributed by atoms with Gasteiger partial charge in [-0.1, -0.05) is 11.6 Å². The Morgan fingerprint density at radius 1 is 1.37 bits per heavy atom. The maximum atomic E-state index is 12.4. The van der Waals surface area contributed by atoms with Crippen molar-refractivity contribution in [2.24, 2.45) is 0 Å². The van der Waals surface area contributed by atoms with Crippen molar-refractivity contribution in [3.63, 3.8) is 0 Å². The molecule has 2 aromatic rings. The van der Waals surface area contributed by atoms with Crippen LogP contribution in [0.15, 0.2) is 24.4 Å². The Balaban J connectivity index is 2.39. The van der Waals surface area contributed by atoms with Crippen LogP contribution in [0.25, 0.3) is 0 Å². The highest BCUT2D eigenvalue weighted by atomic mass is 32.1. The van der Waals surface area contributed by atoms with Crippen LogP contribution in [-0.4, -0.2) is 10.8 Å². The largest absolute Gasteiger partial charge is 0.443 e. The summed E-state index contributed by atoms with van der Waals surface area (Å²) in [5.41, 5.74) is 6.89. The molecule has 7 heteroatoms. The quantitative estimate of drug-likeness (QED) is 0.681. The van der Waals surface area contributed by atoms with Gasteiger partial charge in [0.05, 0.1) is 4.88 Å². The van der Waals surface area contributed by atoms with E-state index in [1.54, 1.807) is 25.1 Å². The molecule has 0 bridgehead atoms. The van der Waals surface area contributed by atoms with Gasteiger partial charge in [0.2, 0.25) is 5.78 Å². The normalized spacial score (nSPS) is 11.6. The molecule has 0 unspecified atom stereocenters. The predicted octanol–water partition coefficient (Wildman–Crippen LogP) is 3.28. The number of ketones is 1. The first-order valence-electron chi connectivity index (χ1n) is 5.23. The van der Waals surface area contributed by atoms with E-state index in [2.05, 4.69) is 4.98 Å². The van der Waals surface area contributed by atoms with Gasteiger partial charge in [0.15, 0.2) is 5.01 Å². The molecule has 0 aliphatic carbocycles. The Kier molecular flexibility index (Phi) is 3.32. The Morgan fingerprint density at radius 2 is 2.05 bits per heavy atom. The number of anilines is 1. The summed E-state index contributed by atoms with van der Waals surface area (Å²) in [6, 6.07) is 4.82. The molecule has 3 nitrogen and oxygen atoms in total. The zero-order valence-corrected chi connectivity index (χ0v) is 10.6. The molecule has 1 aromatic heterocycles. The summed E-state index contributed by atoms with van der Waals surface area (Å²) in [5.74, 6) is -0.547. The number of carbonyl (C=O) groups excluding carboxylic acids is 1. The van der Waals surface area contributed by atoms with Crippen LogP contribution >= 0.6 is 11.3 Å². The minimum absolute atomic E-state index is 0.0791. The van der Waals surface area contributed by atoms with Crippen LogP contribution in [0.1, 0.15) is 25.8 Å². The molecule has 0 saturated carbocycles. The summed E-state index contributed by atoms with van der Waals surface area (Å²) in [6.07, 6.45) is -3.61. The number of nitrogens with zero attached hydrogens (tertiary/aromatic N) is 1. The molecule has 0 spiro atoms. The molecule has 2 rings (SSSR count). The third-order valence-corrected chi connectivity index (χ3v) is 3.47. The first kappa shape index (κ1) is 13.5. The first-order chi connectivity index (χ1) is 8.79. The van der Waals surface area contributed by atoms with Crippen LogP contribution in [0.3, 0.4) is 0 Å². The number of nitrogens with two attached hydrogens (primary N) is 1. The highest BCUT2D eigenvalue weighted by Crippen LogP contribution is 2.33. The Morgan fingerprint density at radius 3 is 2.63 bits per heavy atom. The predicted molar refractivity (Wildman–Crippen MR) is 66.1 cm³/mol. The van der Waals surface area contributed by atoms with E-state index in [-0.39, 0.29) is 16.1 Å². The fourth-order valence-corrected chi connectivity index (χ4v) is 2.25. The Bertz CT molecular complexity index is 634. The van der Waals surface area contributed by atoms with Gasteiger partial charge in [0.25, 0.3) is 0 Å². The average molecular weight is 286 g/mol. The molecule has 0 aliphatic rings. The van der Waals surface area contributed by atoms with Crippen molar-refractivity contribution in [1.29, 1.82) is 0 Å². The van der Waals surface area contributed by atoms with Crippen LogP contribution < -0.4 is 5.73 Å². The molecule has 0 saturated heterocycles. The van der Waals surface area contributed by atoms with E-state index in [4.69, 9.17) is 5.73 Å². The third-order valence-electron chi connectivity index (χ3n) is 2.43. The van der Waals surface area contributed by atoms with Gasteiger partial charge in [-0.25, -0.2) is 4.98 Å². The smallest absolute Gasteiger partial charge is 0.398 e. The highest BCUT2D eigenvalue weighted by molar-refractivity contribution is 7.14. The standard InChI is InChI=1S/C12H9F3N2OS/c1-6-2-3-8(16)7(4-6)10(18)9-5-17-11(19-9)12(13,14)15/h2-5H,16H2,1H3. The fourth-order valence-electron chi connectivity index (χ4n) is 1.51. The zero-order chi connectivity index (χ0) is 14.2. The molecular formula is C12H9F3N2OS. The molecule has 1 aromatic carbocycles. The van der Waals surface area contributed by atoms with Crippen molar-refractivity contribution in [2.75, 3.05) is 5.73 Å². The maximum Gasteiger partial charge on any atom is 0.443 e. The van der Waals surface area contributed by atoms with Crippen molar-refractivity contribution in [3.05, 3.63) is 45.4 Å². The molecule has 0 amide bonds. The number of aromatic nitrogens is 1. The minimum atomic E-state index is -4.54. The van der Waals surface area contributed by atoms with Crippen LogP contribution in [0, 0.1) is 6.92 Å². The number of alkyl halides is 3. The molecule has 1 heterocycles. The number of hydrogen-bond donors (Lipinski definition) is 1. The molecule has 100 valence electrons. The third kappa shape index (κ3) is 2.76. The Labute approximate surface area is 110 Å². The van der Waals surface area contributed by atoms with Gasteiger partial charge in [0, 0.05) is 17.4 Å². The lowest BCUT2D eigenvalue weighted by Crippen LogP contribution is -2.04. The SMILES string of the molecule is Cc1ccc(N)c(C(=O)c2cnc(C(F)(F)F)s2)c1. The van der Waals surface area contributed by atoms with E-state index >= 15 is 0 Å². The van der Waals surface area contributed by atoms with Gasteiger partial charge in [-0.15, -0.1) is 11.3 Å². The number of rotatable bonds is 2. The molecular weight excluding hydrogens is 277 g/mol. The summed E-state index contributed by atoms with van der Waals surface area (Å²) in [6.45, 7) is 1.77. The van der Waals surface area contributed by atoms with Crippen molar-refractivity contribution in [1.82, 2.24) is 4.98 Å². The van der Waals surface area contributed by atoms with Crippen LogP contribution in [0.4, 0.5) is 18.9 Å². The van der Waals surface area contributed by atoms with Gasteiger partial charge in [0.1, 0.15) is 0 Å². The van der Waals surface area contributed by atoms with E-state index in [9.17, 15) is 18.0 Å². The maximum absolute atomic E-state index is 12.4. The van der Waals surface area contributed by atoms with E-state index < -0.39 is 17.0 Å². The van der Waals surface area contributed by atoms with Crippen molar-refractivity contribution in [2.45, 2.75) is 13.1 Å². The van der Waals surface area contributed by atoms with Crippen LogP contribution in [0.5, 0.6) is 0 Å². The summed E-state index contributed by atoms with van der Waals surface area (Å²) in [5, 5.41) is -1.04. The zero-order valence-electron chi connectivity index (χ0n) is 9.78. The summed E-state index contributed by atoms with van der Waals surface area (Å²) >= 11 is 0.316. The lowest BCUT2D eigenvalue weighted by Gasteiger charge is -2.04. The number of thiazole rings is 1. The number of aryl methyl sites for hydroxylation is 1. The number of carbonyl (C=O) groups is 1. The second-order valence-electron chi connectivity index (χ2n) is 3.95. The first-order valence-corrected chi connectivity index (χ1v) is 6.04. The summed E-state index contributed by atoms with van der Waals surface area (Å²) in [7, 11) is 0. The molecule has 0 atom stereocenters. The number of nitrogen functional groups attached to an aromatic ring is 1. The average Bonchev–Trinajstić information content (AvgIpc) is 2.80. The number of hydrogen-bond acceptors (Lipinski definition) is 4. The van der Waals surface area contributed by atoms with E-state index in [1.165, 1.54) is 0 Å². The monoisotopic (exact) mass is 286 g/mol. The van der Waals surface area contributed by atoms with Gasteiger partial charge in [-0.3, -0.25) is 4.79 Å². The van der Waals surface area contributed by atoms with Gasteiger partial charge < -0.3 is 5.73 Å². The lowest BCUT2D eigenvalue weighted by molar-refractivity contribution is -0.137. The highest BCUT2D eigenvalue weighted by Gasteiger charge is 2.35. The fraction of sp³-hybridized carbons (Fsp3) is 0.167. The van der Waals surface area contributed by atoms with Crippen molar-refractivity contribution in [3.8, 4) is 0 Å². The molecule has 0 aliphatic heterocycles. The topological polar surface area (TPSA) is 56.0 Å². The second-order valence-corrected chi connectivity index (χ2v) is 4.98. The van der Waals surface area contributed by atoms with E-state index in [0.717, 1.165) is 11.8 Å². The molecule has 2 N–H and O–H groups in total. The number of halogens is 3. The second kappa shape index (κ2) is 4.65. The molecule has 19 heavy (non-hydrogen) atoms. The van der Waals surface area contributed by atoms with Gasteiger partial charge in [-0.05, 0) is 19.1 Å². The minimum Gasteiger partial charge on any atom is -0.398 e. The summed E-state index contributed by atoms with van der Waals surface area (Å²) in [4.78, 5) is 15.2. The van der Waals surface area contributed by atoms with Crippen LogP contribution in [-0.2, 0) is 6.18 Å².